The summed E-state index contributed by atoms with van der Waals surface area (Å²) < 4.78 is 7.60. The molecule has 9 heteroatoms. The van der Waals surface area contributed by atoms with Gasteiger partial charge >= 0.3 is 0 Å². The Kier molecular flexibility index (Phi) is 5.66. The smallest absolute Gasteiger partial charge is 0.254 e. The number of nitrogens with one attached hydrogen (secondary N) is 2. The first-order chi connectivity index (χ1) is 17.5. The van der Waals surface area contributed by atoms with Gasteiger partial charge in [-0.2, -0.15) is 0 Å². The Labute approximate surface area is 209 Å². The number of rotatable bonds is 6. The summed E-state index contributed by atoms with van der Waals surface area (Å²) in [6, 6.07) is 8.12. The van der Waals surface area contributed by atoms with Gasteiger partial charge in [-0.05, 0) is 44.3 Å². The molecule has 1 fully saturated rings. The fourth-order valence-electron chi connectivity index (χ4n) is 5.24. The van der Waals surface area contributed by atoms with E-state index in [4.69, 9.17) is 14.7 Å². The van der Waals surface area contributed by atoms with Crippen LogP contribution < -0.4 is 10.6 Å². The molecule has 1 amide bonds. The molecule has 0 unspecified atom stereocenters. The second-order valence-corrected chi connectivity index (χ2v) is 9.73. The maximum absolute atomic E-state index is 12.9. The molecule has 2 N–H and O–H groups in total. The molecule has 0 saturated carbocycles. The van der Waals surface area contributed by atoms with E-state index in [9.17, 15) is 4.79 Å². The number of ether oxygens (including phenoxy) is 1. The van der Waals surface area contributed by atoms with Crippen LogP contribution in [0.15, 0.2) is 42.9 Å². The number of aromatic nitrogens is 4. The van der Waals surface area contributed by atoms with Crippen molar-refractivity contribution < 1.29 is 9.53 Å². The van der Waals surface area contributed by atoms with Gasteiger partial charge in [0.2, 0.25) is 0 Å². The third-order valence-electron chi connectivity index (χ3n) is 6.96. The lowest BCUT2D eigenvalue weighted by molar-refractivity contribution is 0.0966. The van der Waals surface area contributed by atoms with Crippen molar-refractivity contribution in [3.8, 4) is 11.3 Å². The molecular formula is C27H29N7O2. The summed E-state index contributed by atoms with van der Waals surface area (Å²) in [7, 11) is 6.05. The van der Waals surface area contributed by atoms with E-state index in [2.05, 4.69) is 26.6 Å². The third kappa shape index (κ3) is 3.90. The van der Waals surface area contributed by atoms with E-state index in [1.807, 2.05) is 50.1 Å². The van der Waals surface area contributed by atoms with Crippen LogP contribution in [0.5, 0.6) is 0 Å². The van der Waals surface area contributed by atoms with Crippen molar-refractivity contribution in [1.29, 1.82) is 0 Å². The Bertz CT molecular complexity index is 1470. The highest BCUT2D eigenvalue weighted by atomic mass is 16.5. The molecule has 0 spiro atoms. The first kappa shape index (κ1) is 22.6. The summed E-state index contributed by atoms with van der Waals surface area (Å²) in [6.45, 7) is 2.69. The van der Waals surface area contributed by atoms with E-state index >= 15 is 0 Å². The number of carbonyl (C=O) groups excluding carboxylic acids is 1. The van der Waals surface area contributed by atoms with E-state index in [-0.39, 0.29) is 5.91 Å². The number of hydrogen-bond acceptors (Lipinski definition) is 7. The zero-order valence-corrected chi connectivity index (χ0v) is 20.7. The van der Waals surface area contributed by atoms with Gasteiger partial charge in [0.25, 0.3) is 5.91 Å². The molecule has 36 heavy (non-hydrogen) atoms. The zero-order valence-electron chi connectivity index (χ0n) is 20.7. The van der Waals surface area contributed by atoms with Gasteiger partial charge in [-0.1, -0.05) is 6.07 Å². The number of anilines is 2. The number of pyridine rings is 3. The first-order valence-electron chi connectivity index (χ1n) is 12.2. The summed E-state index contributed by atoms with van der Waals surface area (Å²) in [4.78, 5) is 29.3. The fraction of sp³-hybridized carbons (Fsp3) is 0.333. The molecule has 184 valence electrons. The predicted molar refractivity (Wildman–Crippen MR) is 138 cm³/mol. The molecule has 9 nitrogen and oxygen atoms in total. The number of amides is 1. The summed E-state index contributed by atoms with van der Waals surface area (Å²) in [5, 5.41) is 7.37. The van der Waals surface area contributed by atoms with Crippen LogP contribution in [0.25, 0.3) is 22.3 Å². The van der Waals surface area contributed by atoms with Crippen LogP contribution in [0.4, 0.5) is 11.5 Å². The monoisotopic (exact) mass is 483 g/mol. The van der Waals surface area contributed by atoms with Gasteiger partial charge in [0.05, 0.1) is 35.4 Å². The summed E-state index contributed by atoms with van der Waals surface area (Å²) in [6.07, 6.45) is 6.52. The number of carbonyl (C=O) groups is 1. The highest BCUT2D eigenvalue weighted by Gasteiger charge is 2.28. The molecule has 1 saturated heterocycles. The van der Waals surface area contributed by atoms with Gasteiger partial charge in [-0.15, -0.1) is 0 Å². The molecule has 2 aliphatic heterocycles. The molecule has 0 bridgehead atoms. The summed E-state index contributed by atoms with van der Waals surface area (Å²) in [5.41, 5.74) is 7.05. The fourth-order valence-corrected chi connectivity index (χ4v) is 5.24. The van der Waals surface area contributed by atoms with Crippen molar-refractivity contribution in [2.75, 3.05) is 32.6 Å². The number of fused-ring (bicyclic) bond motifs is 2. The molecule has 6 heterocycles. The highest BCUT2D eigenvalue weighted by molar-refractivity contribution is 6.06. The van der Waals surface area contributed by atoms with Gasteiger partial charge in [0.1, 0.15) is 11.5 Å². The normalized spacial score (nSPS) is 17.1. The number of hydrogen-bond donors (Lipinski definition) is 2. The molecule has 6 rings (SSSR count). The number of nitrogens with zero attached hydrogens (tertiary/aromatic N) is 5. The van der Waals surface area contributed by atoms with Crippen molar-refractivity contribution in [2.45, 2.75) is 25.4 Å². The average molecular weight is 484 g/mol. The second kappa shape index (κ2) is 9.00. The SMILES string of the molecule is CN(C)Cc1nc(Nc2cnc(-c3ccnc4c3ccn4C)c3c2C(=O)NC3)ccc1[C@@H]1CCOC1. The highest BCUT2D eigenvalue weighted by Crippen LogP contribution is 2.36. The van der Waals surface area contributed by atoms with Crippen molar-refractivity contribution >= 4 is 28.4 Å². The lowest BCUT2D eigenvalue weighted by atomic mass is 9.96. The lowest BCUT2D eigenvalue weighted by Crippen LogP contribution is -2.16. The maximum atomic E-state index is 12.9. The van der Waals surface area contributed by atoms with Gasteiger partial charge in [-0.3, -0.25) is 9.78 Å². The van der Waals surface area contributed by atoms with Crippen LogP contribution in [0.1, 0.15) is 39.5 Å². The maximum Gasteiger partial charge on any atom is 0.254 e. The van der Waals surface area contributed by atoms with Gasteiger partial charge in [-0.25, -0.2) is 9.97 Å². The largest absolute Gasteiger partial charge is 0.381 e. The van der Waals surface area contributed by atoms with Crippen molar-refractivity contribution in [1.82, 2.24) is 29.7 Å². The summed E-state index contributed by atoms with van der Waals surface area (Å²) >= 11 is 0. The lowest BCUT2D eigenvalue weighted by Gasteiger charge is -2.19. The van der Waals surface area contributed by atoms with E-state index in [1.54, 1.807) is 12.4 Å². The Morgan fingerprint density at radius 1 is 1.22 bits per heavy atom. The average Bonchev–Trinajstić information content (AvgIpc) is 3.61. The van der Waals surface area contributed by atoms with Crippen LogP contribution >= 0.6 is 0 Å². The van der Waals surface area contributed by atoms with Gasteiger partial charge < -0.3 is 24.8 Å². The third-order valence-corrected chi connectivity index (χ3v) is 6.96. The minimum absolute atomic E-state index is 0.109. The van der Waals surface area contributed by atoms with E-state index < -0.39 is 0 Å². The molecule has 4 aromatic rings. The topological polar surface area (TPSA) is 97.2 Å². The van der Waals surface area contributed by atoms with Crippen LogP contribution in [0, 0.1) is 0 Å². The minimum atomic E-state index is -0.109. The first-order valence-corrected chi connectivity index (χ1v) is 12.2. The number of aryl methyl sites for hydroxylation is 1. The Balaban J connectivity index is 1.39. The predicted octanol–water partition coefficient (Wildman–Crippen LogP) is 3.58. The molecule has 4 aromatic heterocycles. The van der Waals surface area contributed by atoms with Crippen LogP contribution in [0.2, 0.25) is 0 Å². The van der Waals surface area contributed by atoms with E-state index in [0.717, 1.165) is 59.7 Å². The Hall–Kier alpha value is -3.82. The van der Waals surface area contributed by atoms with Crippen LogP contribution in [-0.4, -0.2) is 57.6 Å². The molecular weight excluding hydrogens is 454 g/mol. The van der Waals surface area contributed by atoms with Gasteiger partial charge in [0, 0.05) is 61.6 Å². The summed E-state index contributed by atoms with van der Waals surface area (Å²) in [5.74, 6) is 0.954. The zero-order chi connectivity index (χ0) is 24.8. The standard InChI is InChI=1S/C27H29N7O2/c1-33(2)14-22-17(16-8-11-36-15-16)4-5-23(32-22)31-21-13-29-25(20-12-30-27(35)24(20)21)18-6-9-28-26-19(18)7-10-34(26)3/h4-7,9-10,13,16H,8,11-12,14-15H2,1-3H3,(H,30,35)(H,31,32)/t16-/m1/s1. The van der Waals surface area contributed by atoms with Crippen LogP contribution in [0.3, 0.4) is 0 Å². The molecule has 2 aliphatic rings. The van der Waals surface area contributed by atoms with Gasteiger partial charge in [0.15, 0.2) is 0 Å². The van der Waals surface area contributed by atoms with E-state index in [1.165, 1.54) is 5.56 Å². The Morgan fingerprint density at radius 2 is 2.11 bits per heavy atom. The van der Waals surface area contributed by atoms with Crippen molar-refractivity contribution in [3.63, 3.8) is 0 Å². The molecule has 1 atom stereocenters. The minimum Gasteiger partial charge on any atom is -0.381 e. The van der Waals surface area contributed by atoms with Crippen molar-refractivity contribution in [2.24, 2.45) is 7.05 Å². The molecule has 0 radical (unpaired) electrons. The van der Waals surface area contributed by atoms with Crippen LogP contribution in [-0.2, 0) is 24.9 Å². The Morgan fingerprint density at radius 3 is 2.92 bits per heavy atom. The quantitative estimate of drug-likeness (QED) is 0.433. The second-order valence-electron chi connectivity index (χ2n) is 9.73. The molecule has 0 aliphatic carbocycles. The molecule has 0 aromatic carbocycles. The van der Waals surface area contributed by atoms with E-state index in [0.29, 0.717) is 29.5 Å². The van der Waals surface area contributed by atoms with Crippen molar-refractivity contribution in [3.05, 3.63) is 65.2 Å².